The molecule has 1 aliphatic rings. The number of nitrogens with one attached hydrogen (secondary N) is 1. The van der Waals surface area contributed by atoms with Crippen LogP contribution in [0.4, 0.5) is 4.79 Å². The predicted octanol–water partition coefficient (Wildman–Crippen LogP) is 5.07. The Morgan fingerprint density at radius 3 is 2.62 bits per heavy atom. The topological polar surface area (TPSA) is 82.4 Å². The molecule has 1 aliphatic carbocycles. The molecule has 4 rings (SSSR count). The van der Waals surface area contributed by atoms with E-state index in [0.717, 1.165) is 17.5 Å². The Morgan fingerprint density at radius 1 is 1.18 bits per heavy atom. The molecule has 3 aromatic rings. The molecule has 34 heavy (non-hydrogen) atoms. The summed E-state index contributed by atoms with van der Waals surface area (Å²) in [5, 5.41) is 3.46. The number of fused-ring (bicyclic) bond motifs is 1. The average molecular weight is 464 g/mol. The smallest absolute Gasteiger partial charge is 0.408 e. The van der Waals surface area contributed by atoms with Crippen LogP contribution >= 0.6 is 0 Å². The fourth-order valence-corrected chi connectivity index (χ4v) is 4.23. The van der Waals surface area contributed by atoms with Crippen molar-refractivity contribution in [3.05, 3.63) is 75.8 Å². The second-order valence-corrected chi connectivity index (χ2v) is 10.0. The minimum absolute atomic E-state index is 0.0160. The van der Waals surface area contributed by atoms with E-state index in [0.29, 0.717) is 29.9 Å². The Kier molecular flexibility index (Phi) is 6.75. The number of carbonyl (C=O) groups is 1. The second kappa shape index (κ2) is 9.58. The van der Waals surface area contributed by atoms with Crippen LogP contribution in [0.15, 0.2) is 53.3 Å². The quantitative estimate of drug-likeness (QED) is 0.529. The van der Waals surface area contributed by atoms with Gasteiger partial charge in [-0.15, -0.1) is 0 Å². The van der Waals surface area contributed by atoms with Crippen LogP contribution in [0.5, 0.6) is 0 Å². The third kappa shape index (κ3) is 5.47. The van der Waals surface area contributed by atoms with Crippen LogP contribution in [0.1, 0.15) is 63.2 Å². The van der Waals surface area contributed by atoms with Gasteiger partial charge in [-0.2, -0.15) is 0 Å². The lowest BCUT2D eigenvalue weighted by Crippen LogP contribution is -2.37. The Labute approximate surface area is 200 Å². The molecule has 0 bridgehead atoms. The van der Waals surface area contributed by atoms with Crippen LogP contribution in [0.3, 0.4) is 0 Å². The molecule has 1 saturated carbocycles. The van der Waals surface area contributed by atoms with Gasteiger partial charge in [0.15, 0.2) is 0 Å². The van der Waals surface area contributed by atoms with Crippen LogP contribution in [0.2, 0.25) is 0 Å². The van der Waals surface area contributed by atoms with Crippen molar-refractivity contribution < 1.29 is 14.3 Å². The molecular formula is C27H33N3O4. The molecule has 180 valence electrons. The number of amides is 1. The van der Waals surface area contributed by atoms with Crippen molar-refractivity contribution in [1.29, 1.82) is 0 Å². The lowest BCUT2D eigenvalue weighted by molar-refractivity contribution is 0.0504. The molecule has 1 amide bonds. The third-order valence-electron chi connectivity index (χ3n) is 5.95. The molecular weight excluding hydrogens is 430 g/mol. The zero-order valence-electron chi connectivity index (χ0n) is 20.5. The van der Waals surface area contributed by atoms with Gasteiger partial charge >= 0.3 is 6.09 Å². The Balaban J connectivity index is 1.58. The van der Waals surface area contributed by atoms with E-state index in [-0.39, 0.29) is 17.5 Å². The van der Waals surface area contributed by atoms with Gasteiger partial charge in [0, 0.05) is 12.0 Å². The van der Waals surface area contributed by atoms with Crippen molar-refractivity contribution in [3.8, 4) is 0 Å². The summed E-state index contributed by atoms with van der Waals surface area (Å²) in [6.45, 7) is 10.3. The van der Waals surface area contributed by atoms with Crippen LogP contribution in [0, 0.1) is 12.8 Å². The zero-order chi connectivity index (χ0) is 24.5. The maximum atomic E-state index is 13.6. The highest BCUT2D eigenvalue weighted by Crippen LogP contribution is 2.44. The standard InChI is InChI=1S/C27H33N3O4/c1-17-10-9-13-21-23(17)25(31)30(24(29-21)18(2)28-26(32)34-27(3,4)5)22-14-20(22)16-33-15-19-11-7-6-8-12-19/h6-13,18,20,22H,14-16H2,1-5H3,(H,28,32)/t18-,20?,22?/m0/s1. The largest absolute Gasteiger partial charge is 0.444 e. The molecule has 3 atom stereocenters. The lowest BCUT2D eigenvalue weighted by Gasteiger charge is -2.23. The van der Waals surface area contributed by atoms with Gasteiger partial charge in [-0.1, -0.05) is 42.5 Å². The van der Waals surface area contributed by atoms with E-state index >= 15 is 0 Å². The Morgan fingerprint density at radius 2 is 1.91 bits per heavy atom. The summed E-state index contributed by atoms with van der Waals surface area (Å²) in [5.74, 6) is 0.752. The van der Waals surface area contributed by atoms with Gasteiger partial charge in [0.2, 0.25) is 0 Å². The van der Waals surface area contributed by atoms with E-state index in [9.17, 15) is 9.59 Å². The van der Waals surface area contributed by atoms with Crippen molar-refractivity contribution >= 4 is 17.0 Å². The fraction of sp³-hybridized carbons (Fsp3) is 0.444. The first-order chi connectivity index (χ1) is 16.1. The molecule has 0 saturated heterocycles. The maximum absolute atomic E-state index is 13.6. The molecule has 7 nitrogen and oxygen atoms in total. The molecule has 0 radical (unpaired) electrons. The van der Waals surface area contributed by atoms with Gasteiger partial charge in [-0.3, -0.25) is 9.36 Å². The first kappa shape index (κ1) is 24.0. The van der Waals surface area contributed by atoms with E-state index in [1.54, 1.807) is 4.57 Å². The molecule has 2 unspecified atom stereocenters. The number of ether oxygens (including phenoxy) is 2. The van der Waals surface area contributed by atoms with E-state index in [4.69, 9.17) is 14.5 Å². The maximum Gasteiger partial charge on any atom is 0.408 e. The van der Waals surface area contributed by atoms with E-state index in [1.807, 2.05) is 83.1 Å². The first-order valence-electron chi connectivity index (χ1n) is 11.8. The number of rotatable bonds is 7. The molecule has 7 heteroatoms. The predicted molar refractivity (Wildman–Crippen MR) is 132 cm³/mol. The van der Waals surface area contributed by atoms with Crippen molar-refractivity contribution in [2.75, 3.05) is 6.61 Å². The minimum atomic E-state index is -0.616. The van der Waals surface area contributed by atoms with Gasteiger partial charge < -0.3 is 14.8 Å². The molecule has 0 spiro atoms. The van der Waals surface area contributed by atoms with Crippen LogP contribution in [0.25, 0.3) is 10.9 Å². The number of hydrogen-bond acceptors (Lipinski definition) is 5. The summed E-state index contributed by atoms with van der Waals surface area (Å²) in [5.41, 5.74) is 1.95. The van der Waals surface area contributed by atoms with Crippen LogP contribution in [-0.4, -0.2) is 27.9 Å². The zero-order valence-corrected chi connectivity index (χ0v) is 20.5. The molecule has 0 aliphatic heterocycles. The highest BCUT2D eigenvalue weighted by Gasteiger charge is 2.42. The highest BCUT2D eigenvalue weighted by molar-refractivity contribution is 5.81. The molecule has 1 aromatic heterocycles. The van der Waals surface area contributed by atoms with Crippen molar-refractivity contribution in [3.63, 3.8) is 0 Å². The second-order valence-electron chi connectivity index (χ2n) is 10.0. The van der Waals surface area contributed by atoms with E-state index in [1.165, 1.54) is 0 Å². The summed E-state index contributed by atoms with van der Waals surface area (Å²) in [7, 11) is 0. The number of hydrogen-bond donors (Lipinski definition) is 1. The van der Waals surface area contributed by atoms with Crippen molar-refractivity contribution in [1.82, 2.24) is 14.9 Å². The summed E-state index contributed by atoms with van der Waals surface area (Å²) < 4.78 is 13.1. The normalized spacial score (nSPS) is 18.5. The summed E-state index contributed by atoms with van der Waals surface area (Å²) in [6, 6.07) is 15.2. The number of alkyl carbamates (subject to hydrolysis) is 1. The van der Waals surface area contributed by atoms with Gasteiger partial charge in [-0.25, -0.2) is 9.78 Å². The fourth-order valence-electron chi connectivity index (χ4n) is 4.23. The molecule has 1 heterocycles. The number of aryl methyl sites for hydroxylation is 1. The third-order valence-corrected chi connectivity index (χ3v) is 5.95. The van der Waals surface area contributed by atoms with Gasteiger partial charge in [0.25, 0.3) is 5.56 Å². The Bertz CT molecular complexity index is 1230. The number of aromatic nitrogens is 2. The first-order valence-corrected chi connectivity index (χ1v) is 11.8. The summed E-state index contributed by atoms with van der Waals surface area (Å²) >= 11 is 0. The van der Waals surface area contributed by atoms with Crippen molar-refractivity contribution in [2.24, 2.45) is 5.92 Å². The average Bonchev–Trinajstić information content (AvgIpc) is 3.51. The van der Waals surface area contributed by atoms with Crippen LogP contribution in [-0.2, 0) is 16.1 Å². The van der Waals surface area contributed by atoms with Gasteiger partial charge in [0.05, 0.1) is 30.2 Å². The number of nitrogens with zero attached hydrogens (tertiary/aromatic N) is 2. The summed E-state index contributed by atoms with van der Waals surface area (Å²) in [4.78, 5) is 30.9. The number of benzene rings is 2. The Hall–Kier alpha value is -3.19. The van der Waals surface area contributed by atoms with Crippen molar-refractivity contribution in [2.45, 2.75) is 65.3 Å². The van der Waals surface area contributed by atoms with Crippen LogP contribution < -0.4 is 10.9 Å². The number of carbonyl (C=O) groups excluding carboxylic acids is 1. The lowest BCUT2D eigenvalue weighted by atomic mass is 10.1. The van der Waals surface area contributed by atoms with E-state index in [2.05, 4.69) is 5.32 Å². The minimum Gasteiger partial charge on any atom is -0.444 e. The summed E-state index contributed by atoms with van der Waals surface area (Å²) in [6.07, 6.45) is 0.295. The highest BCUT2D eigenvalue weighted by atomic mass is 16.6. The van der Waals surface area contributed by atoms with Gasteiger partial charge in [0.1, 0.15) is 11.4 Å². The van der Waals surface area contributed by atoms with Gasteiger partial charge in [-0.05, 0) is 58.2 Å². The molecule has 1 fully saturated rings. The monoisotopic (exact) mass is 463 g/mol. The van der Waals surface area contributed by atoms with E-state index < -0.39 is 17.7 Å². The molecule has 2 aromatic carbocycles. The SMILES string of the molecule is Cc1cccc2nc([C@H](C)NC(=O)OC(C)(C)C)n(C3CC3COCc3ccccc3)c(=O)c12. The molecule has 1 N–H and O–H groups in total.